The SMILES string of the molecule is O=C1CC(=O)N(CCc2cc3ccccc3s2)C1. The highest BCUT2D eigenvalue weighted by molar-refractivity contribution is 7.19. The minimum Gasteiger partial charge on any atom is -0.335 e. The maximum absolute atomic E-state index is 11.5. The number of amides is 1. The zero-order valence-electron chi connectivity index (χ0n) is 9.89. The number of carbonyl (C=O) groups is 2. The molecule has 3 rings (SSSR count). The molecule has 3 nitrogen and oxygen atoms in total. The lowest BCUT2D eigenvalue weighted by atomic mass is 10.2. The van der Waals surface area contributed by atoms with E-state index in [-0.39, 0.29) is 18.1 Å². The lowest BCUT2D eigenvalue weighted by molar-refractivity contribution is -0.127. The van der Waals surface area contributed by atoms with Gasteiger partial charge in [0.2, 0.25) is 5.91 Å². The van der Waals surface area contributed by atoms with Crippen LogP contribution in [0.4, 0.5) is 0 Å². The number of thiophene rings is 1. The van der Waals surface area contributed by atoms with Gasteiger partial charge in [-0.05, 0) is 23.9 Å². The van der Waals surface area contributed by atoms with Gasteiger partial charge in [0.05, 0.1) is 13.0 Å². The fourth-order valence-electron chi connectivity index (χ4n) is 2.25. The van der Waals surface area contributed by atoms with E-state index in [1.165, 1.54) is 15.0 Å². The third-order valence-corrected chi connectivity index (χ3v) is 4.35. The first-order valence-electron chi connectivity index (χ1n) is 5.99. The number of ketones is 1. The molecule has 0 spiro atoms. The summed E-state index contributed by atoms with van der Waals surface area (Å²) in [6, 6.07) is 10.4. The van der Waals surface area contributed by atoms with Crippen LogP contribution in [0.1, 0.15) is 11.3 Å². The number of benzene rings is 1. The normalized spacial score (nSPS) is 15.9. The van der Waals surface area contributed by atoms with Crippen LogP contribution in [-0.2, 0) is 16.0 Å². The molecule has 1 saturated heterocycles. The predicted molar refractivity (Wildman–Crippen MR) is 71.7 cm³/mol. The average molecular weight is 259 g/mol. The second-order valence-corrected chi connectivity index (χ2v) is 5.70. The van der Waals surface area contributed by atoms with E-state index in [1.807, 2.05) is 12.1 Å². The number of Topliss-reactive ketones (excluding diaryl/α,β-unsaturated/α-hetero) is 1. The largest absolute Gasteiger partial charge is 0.335 e. The number of carbonyl (C=O) groups excluding carboxylic acids is 2. The molecule has 0 aliphatic carbocycles. The number of fused-ring (bicyclic) bond motifs is 1. The van der Waals surface area contributed by atoms with Gasteiger partial charge in [-0.2, -0.15) is 0 Å². The monoisotopic (exact) mass is 259 g/mol. The average Bonchev–Trinajstić information content (AvgIpc) is 2.89. The second kappa shape index (κ2) is 4.53. The Balaban J connectivity index is 1.69. The molecule has 2 aromatic rings. The molecule has 1 aromatic carbocycles. The van der Waals surface area contributed by atoms with Crippen molar-refractivity contribution in [1.29, 1.82) is 0 Å². The van der Waals surface area contributed by atoms with E-state index in [9.17, 15) is 9.59 Å². The Morgan fingerprint density at radius 2 is 2.06 bits per heavy atom. The smallest absolute Gasteiger partial charge is 0.230 e. The van der Waals surface area contributed by atoms with Crippen LogP contribution >= 0.6 is 11.3 Å². The highest BCUT2D eigenvalue weighted by Crippen LogP contribution is 2.25. The summed E-state index contributed by atoms with van der Waals surface area (Å²) in [6.07, 6.45) is 0.921. The van der Waals surface area contributed by atoms with Crippen molar-refractivity contribution < 1.29 is 9.59 Å². The number of hydrogen-bond donors (Lipinski definition) is 0. The van der Waals surface area contributed by atoms with E-state index in [1.54, 1.807) is 16.2 Å². The van der Waals surface area contributed by atoms with Crippen LogP contribution in [0.25, 0.3) is 10.1 Å². The van der Waals surface area contributed by atoms with Gasteiger partial charge in [0.15, 0.2) is 5.78 Å². The van der Waals surface area contributed by atoms with Crippen LogP contribution in [-0.4, -0.2) is 29.7 Å². The molecule has 1 fully saturated rings. The number of hydrogen-bond acceptors (Lipinski definition) is 3. The van der Waals surface area contributed by atoms with Gasteiger partial charge >= 0.3 is 0 Å². The van der Waals surface area contributed by atoms with Crippen LogP contribution in [0.2, 0.25) is 0 Å². The van der Waals surface area contributed by atoms with Crippen molar-refractivity contribution in [2.24, 2.45) is 0 Å². The summed E-state index contributed by atoms with van der Waals surface area (Å²) < 4.78 is 1.27. The molecule has 0 unspecified atom stereocenters. The standard InChI is InChI=1S/C14H13NO2S/c16-11-8-14(17)15(9-11)6-5-12-7-10-3-1-2-4-13(10)18-12/h1-4,7H,5-6,8-9H2. The fraction of sp³-hybridized carbons (Fsp3) is 0.286. The van der Waals surface area contributed by atoms with E-state index in [4.69, 9.17) is 0 Å². The van der Waals surface area contributed by atoms with Gasteiger partial charge in [0.1, 0.15) is 0 Å². The Labute approximate surface area is 109 Å². The number of likely N-dealkylation sites (tertiary alicyclic amines) is 1. The molecular weight excluding hydrogens is 246 g/mol. The minimum atomic E-state index is -0.0267. The summed E-state index contributed by atoms with van der Waals surface area (Å²) in [6.45, 7) is 0.946. The summed E-state index contributed by atoms with van der Waals surface area (Å²) in [5.41, 5.74) is 0. The maximum Gasteiger partial charge on any atom is 0.230 e. The van der Waals surface area contributed by atoms with E-state index in [0.29, 0.717) is 13.1 Å². The van der Waals surface area contributed by atoms with E-state index < -0.39 is 0 Å². The van der Waals surface area contributed by atoms with Crippen LogP contribution < -0.4 is 0 Å². The number of rotatable bonds is 3. The van der Waals surface area contributed by atoms with Crippen LogP contribution in [0.15, 0.2) is 30.3 Å². The molecule has 1 aromatic heterocycles. The Bertz CT molecular complexity index is 584. The molecule has 1 amide bonds. The molecule has 0 radical (unpaired) electrons. The van der Waals surface area contributed by atoms with Gasteiger partial charge in [-0.25, -0.2) is 0 Å². The first-order valence-corrected chi connectivity index (χ1v) is 6.81. The lowest BCUT2D eigenvalue weighted by Crippen LogP contribution is -2.27. The molecule has 0 bridgehead atoms. The number of nitrogens with zero attached hydrogens (tertiary/aromatic N) is 1. The van der Waals surface area contributed by atoms with Crippen LogP contribution in [0, 0.1) is 0 Å². The molecule has 0 N–H and O–H groups in total. The van der Waals surface area contributed by atoms with Gasteiger partial charge in [0.25, 0.3) is 0 Å². The van der Waals surface area contributed by atoms with Gasteiger partial charge in [0, 0.05) is 16.1 Å². The molecule has 1 aliphatic heterocycles. The molecule has 4 heteroatoms. The van der Waals surface area contributed by atoms with Crippen molar-refractivity contribution >= 4 is 33.1 Å². The summed E-state index contributed by atoms with van der Waals surface area (Å²) in [5.74, 6) is 0.0115. The summed E-state index contributed by atoms with van der Waals surface area (Å²) in [5, 5.41) is 1.25. The molecule has 92 valence electrons. The van der Waals surface area contributed by atoms with Gasteiger partial charge in [-0.3, -0.25) is 9.59 Å². The second-order valence-electron chi connectivity index (χ2n) is 4.53. The first kappa shape index (κ1) is 11.4. The topological polar surface area (TPSA) is 37.4 Å². The molecule has 2 heterocycles. The quantitative estimate of drug-likeness (QED) is 0.793. The molecule has 18 heavy (non-hydrogen) atoms. The van der Waals surface area contributed by atoms with Crippen molar-refractivity contribution in [2.75, 3.05) is 13.1 Å². The predicted octanol–water partition coefficient (Wildman–Crippen LogP) is 2.25. The molecule has 0 saturated carbocycles. The van der Waals surface area contributed by atoms with Crippen molar-refractivity contribution in [3.8, 4) is 0 Å². The van der Waals surface area contributed by atoms with Crippen molar-refractivity contribution in [2.45, 2.75) is 12.8 Å². The van der Waals surface area contributed by atoms with Gasteiger partial charge in [-0.15, -0.1) is 11.3 Å². The highest BCUT2D eigenvalue weighted by atomic mass is 32.1. The van der Waals surface area contributed by atoms with Gasteiger partial charge < -0.3 is 4.90 Å². The Morgan fingerprint density at radius 3 is 2.78 bits per heavy atom. The van der Waals surface area contributed by atoms with Crippen molar-refractivity contribution in [1.82, 2.24) is 4.90 Å². The fourth-order valence-corrected chi connectivity index (χ4v) is 3.30. The maximum atomic E-state index is 11.5. The molecule has 1 aliphatic rings. The first-order chi connectivity index (χ1) is 8.72. The summed E-state index contributed by atoms with van der Waals surface area (Å²) in [7, 11) is 0. The Morgan fingerprint density at radius 1 is 1.22 bits per heavy atom. The van der Waals surface area contributed by atoms with E-state index >= 15 is 0 Å². The van der Waals surface area contributed by atoms with E-state index in [2.05, 4.69) is 18.2 Å². The lowest BCUT2D eigenvalue weighted by Gasteiger charge is -2.13. The Kier molecular flexibility index (Phi) is 2.88. The Hall–Kier alpha value is -1.68. The van der Waals surface area contributed by atoms with Crippen molar-refractivity contribution in [3.63, 3.8) is 0 Å². The molecule has 0 atom stereocenters. The summed E-state index contributed by atoms with van der Waals surface area (Å²) >= 11 is 1.76. The van der Waals surface area contributed by atoms with Gasteiger partial charge in [-0.1, -0.05) is 18.2 Å². The third-order valence-electron chi connectivity index (χ3n) is 3.17. The summed E-state index contributed by atoms with van der Waals surface area (Å²) in [4.78, 5) is 25.6. The van der Waals surface area contributed by atoms with Crippen LogP contribution in [0.3, 0.4) is 0 Å². The zero-order valence-corrected chi connectivity index (χ0v) is 10.7. The molecular formula is C14H13NO2S. The van der Waals surface area contributed by atoms with E-state index in [0.717, 1.165) is 6.42 Å². The third kappa shape index (κ3) is 2.16. The van der Waals surface area contributed by atoms with Crippen molar-refractivity contribution in [3.05, 3.63) is 35.2 Å². The van der Waals surface area contributed by atoms with Crippen LogP contribution in [0.5, 0.6) is 0 Å². The zero-order chi connectivity index (χ0) is 12.5. The minimum absolute atomic E-state index is 0.0267. The highest BCUT2D eigenvalue weighted by Gasteiger charge is 2.26.